The lowest BCUT2D eigenvalue weighted by molar-refractivity contribution is 0.433. The largest absolute Gasteiger partial charge is 0.355 e. The fourth-order valence-electron chi connectivity index (χ4n) is 4.92. The Morgan fingerprint density at radius 3 is 2.33 bits per heavy atom. The summed E-state index contributed by atoms with van der Waals surface area (Å²) >= 11 is 0. The molecule has 0 radical (unpaired) electrons. The monoisotopic (exact) mass is 500 g/mol. The lowest BCUT2D eigenvalue weighted by Gasteiger charge is -2.26. The number of rotatable bonds is 5. The minimum atomic E-state index is -3.59. The van der Waals surface area contributed by atoms with E-state index in [0.717, 1.165) is 53.1 Å². The zero-order valence-corrected chi connectivity index (χ0v) is 21.9. The Balaban J connectivity index is 1.40. The highest BCUT2D eigenvalue weighted by atomic mass is 32.2. The lowest BCUT2D eigenvalue weighted by atomic mass is 10.0. The Labute approximate surface area is 213 Å². The van der Waals surface area contributed by atoms with Crippen molar-refractivity contribution in [3.05, 3.63) is 94.9 Å². The van der Waals surface area contributed by atoms with Gasteiger partial charge in [0.2, 0.25) is 10.0 Å². The van der Waals surface area contributed by atoms with Gasteiger partial charge in [0.05, 0.1) is 4.90 Å². The Bertz CT molecular complexity index is 1500. The molecule has 4 aromatic rings. The van der Waals surface area contributed by atoms with Crippen molar-refractivity contribution in [2.75, 3.05) is 31.1 Å². The van der Waals surface area contributed by atoms with Crippen LogP contribution < -0.4 is 4.90 Å². The molecular weight excluding hydrogens is 468 g/mol. The summed E-state index contributed by atoms with van der Waals surface area (Å²) in [5.41, 5.74) is 4.53. The first-order valence-corrected chi connectivity index (χ1v) is 13.9. The van der Waals surface area contributed by atoms with Gasteiger partial charge in [-0.15, -0.1) is 0 Å². The fraction of sp³-hybridized carbons (Fsp3) is 0.310. The molecule has 186 valence electrons. The van der Waals surface area contributed by atoms with Crippen LogP contribution in [-0.2, 0) is 16.4 Å². The molecule has 0 aliphatic carbocycles. The van der Waals surface area contributed by atoms with Gasteiger partial charge in [-0.05, 0) is 55.7 Å². The third kappa shape index (κ3) is 4.99. The molecule has 0 saturated carbocycles. The van der Waals surface area contributed by atoms with Crippen LogP contribution in [0.3, 0.4) is 0 Å². The molecule has 0 amide bonds. The van der Waals surface area contributed by atoms with Crippen molar-refractivity contribution < 1.29 is 8.42 Å². The van der Waals surface area contributed by atoms with E-state index in [-0.39, 0.29) is 0 Å². The van der Waals surface area contributed by atoms with Crippen molar-refractivity contribution in [3.8, 4) is 0 Å². The molecule has 0 bridgehead atoms. The number of hydrogen-bond acceptors (Lipinski definition) is 5. The number of aryl methyl sites for hydroxylation is 3. The summed E-state index contributed by atoms with van der Waals surface area (Å²) in [6.45, 7) is 8.29. The molecule has 6 nitrogen and oxygen atoms in total. The normalized spacial score (nSPS) is 15.2. The molecule has 1 aliphatic rings. The highest BCUT2D eigenvalue weighted by Crippen LogP contribution is 2.27. The molecule has 0 unspecified atom stereocenters. The van der Waals surface area contributed by atoms with E-state index in [4.69, 9.17) is 4.98 Å². The third-order valence-electron chi connectivity index (χ3n) is 6.92. The number of aromatic nitrogens is 2. The molecule has 1 fully saturated rings. The van der Waals surface area contributed by atoms with Crippen LogP contribution in [0, 0.1) is 20.8 Å². The number of sulfonamides is 1. The number of hydrogen-bond donors (Lipinski definition) is 0. The Morgan fingerprint density at radius 1 is 0.806 bits per heavy atom. The average molecular weight is 501 g/mol. The van der Waals surface area contributed by atoms with Crippen LogP contribution in [0.15, 0.2) is 71.6 Å². The molecule has 1 saturated heterocycles. The van der Waals surface area contributed by atoms with Crippen LogP contribution in [0.1, 0.15) is 34.6 Å². The van der Waals surface area contributed by atoms with Gasteiger partial charge < -0.3 is 4.90 Å². The summed E-state index contributed by atoms with van der Waals surface area (Å²) in [4.78, 5) is 12.1. The van der Waals surface area contributed by atoms with E-state index in [1.54, 1.807) is 16.4 Å². The van der Waals surface area contributed by atoms with Crippen molar-refractivity contribution in [2.45, 2.75) is 38.5 Å². The molecule has 1 aliphatic heterocycles. The van der Waals surface area contributed by atoms with E-state index in [1.165, 1.54) is 11.1 Å². The summed E-state index contributed by atoms with van der Waals surface area (Å²) in [5.74, 6) is 1.66. The van der Waals surface area contributed by atoms with Crippen LogP contribution in [0.4, 0.5) is 5.82 Å². The lowest BCUT2D eigenvalue weighted by Crippen LogP contribution is -2.35. The van der Waals surface area contributed by atoms with E-state index in [2.05, 4.69) is 41.1 Å². The van der Waals surface area contributed by atoms with Gasteiger partial charge in [0, 0.05) is 43.9 Å². The van der Waals surface area contributed by atoms with Crippen molar-refractivity contribution in [2.24, 2.45) is 0 Å². The van der Waals surface area contributed by atoms with Crippen molar-refractivity contribution in [1.82, 2.24) is 14.3 Å². The maximum Gasteiger partial charge on any atom is 0.243 e. The minimum absolute atomic E-state index is 0.350. The van der Waals surface area contributed by atoms with Gasteiger partial charge in [0.1, 0.15) is 11.6 Å². The number of anilines is 1. The van der Waals surface area contributed by atoms with Gasteiger partial charge in [-0.2, -0.15) is 4.31 Å². The van der Waals surface area contributed by atoms with Gasteiger partial charge in [-0.3, -0.25) is 0 Å². The highest BCUT2D eigenvalue weighted by molar-refractivity contribution is 7.89. The number of benzene rings is 3. The smallest absolute Gasteiger partial charge is 0.243 e. The van der Waals surface area contributed by atoms with E-state index in [9.17, 15) is 8.42 Å². The van der Waals surface area contributed by atoms with Gasteiger partial charge in [0.25, 0.3) is 0 Å². The first-order chi connectivity index (χ1) is 17.3. The summed E-state index contributed by atoms with van der Waals surface area (Å²) < 4.78 is 28.7. The van der Waals surface area contributed by atoms with Crippen molar-refractivity contribution in [1.29, 1.82) is 0 Å². The molecule has 5 rings (SSSR count). The minimum Gasteiger partial charge on any atom is -0.355 e. The topological polar surface area (TPSA) is 66.4 Å². The number of nitrogens with zero attached hydrogens (tertiary/aromatic N) is 4. The Hall–Kier alpha value is -3.29. The van der Waals surface area contributed by atoms with Crippen LogP contribution in [0.5, 0.6) is 0 Å². The second-order valence-corrected chi connectivity index (χ2v) is 11.5. The fourth-order valence-corrected chi connectivity index (χ4v) is 6.42. The Kier molecular flexibility index (Phi) is 6.77. The van der Waals surface area contributed by atoms with Crippen LogP contribution in [0.2, 0.25) is 0 Å². The average Bonchev–Trinajstić information content (AvgIpc) is 3.13. The summed E-state index contributed by atoms with van der Waals surface area (Å²) in [6, 6.07) is 21.8. The molecule has 2 heterocycles. The van der Waals surface area contributed by atoms with Gasteiger partial charge in [0.15, 0.2) is 0 Å². The molecule has 36 heavy (non-hydrogen) atoms. The van der Waals surface area contributed by atoms with Crippen molar-refractivity contribution >= 4 is 26.6 Å². The predicted molar refractivity (Wildman–Crippen MR) is 145 cm³/mol. The molecule has 7 heteroatoms. The zero-order chi connectivity index (χ0) is 25.3. The highest BCUT2D eigenvalue weighted by Gasteiger charge is 2.28. The molecular formula is C29H32N4O2S. The second-order valence-electron chi connectivity index (χ2n) is 9.57. The van der Waals surface area contributed by atoms with Crippen LogP contribution in [-0.4, -0.2) is 48.9 Å². The Morgan fingerprint density at radius 2 is 1.56 bits per heavy atom. The summed E-state index contributed by atoms with van der Waals surface area (Å²) in [7, 11) is -3.59. The van der Waals surface area contributed by atoms with Gasteiger partial charge in [-0.25, -0.2) is 18.4 Å². The molecule has 0 spiro atoms. The maximum atomic E-state index is 13.6. The van der Waals surface area contributed by atoms with E-state index >= 15 is 0 Å². The second kappa shape index (κ2) is 9.99. The zero-order valence-electron chi connectivity index (χ0n) is 21.1. The maximum absolute atomic E-state index is 13.6. The van der Waals surface area contributed by atoms with Gasteiger partial charge >= 0.3 is 0 Å². The van der Waals surface area contributed by atoms with E-state index < -0.39 is 10.0 Å². The first kappa shape index (κ1) is 24.4. The summed E-state index contributed by atoms with van der Waals surface area (Å²) in [5, 5.41) is 1.97. The predicted octanol–water partition coefficient (Wildman–Crippen LogP) is 5.05. The van der Waals surface area contributed by atoms with Gasteiger partial charge in [-0.1, -0.05) is 60.2 Å². The van der Waals surface area contributed by atoms with E-state index in [1.807, 2.05) is 44.2 Å². The molecule has 3 aromatic carbocycles. The quantitative estimate of drug-likeness (QED) is 0.384. The van der Waals surface area contributed by atoms with Crippen LogP contribution in [0.25, 0.3) is 10.8 Å². The number of fused-ring (bicyclic) bond motifs is 1. The molecule has 0 N–H and O–H groups in total. The summed E-state index contributed by atoms with van der Waals surface area (Å²) in [6.07, 6.45) is 1.48. The van der Waals surface area contributed by atoms with Crippen LogP contribution >= 0.6 is 0 Å². The third-order valence-corrected chi connectivity index (χ3v) is 8.81. The van der Waals surface area contributed by atoms with Crippen molar-refractivity contribution in [3.63, 3.8) is 0 Å². The molecule has 1 aromatic heterocycles. The standard InChI is InChI=1S/C29H32N4O2S/c1-21-9-11-24(12-10-21)19-28-22(2)30-23(3)31-29(28)32-15-6-16-33(18-17-32)36(34,35)27-14-13-25-7-4-5-8-26(25)20-27/h4-5,7-14,20H,6,15-19H2,1-3H3. The van der Waals surface area contributed by atoms with E-state index in [0.29, 0.717) is 24.5 Å². The first-order valence-electron chi connectivity index (χ1n) is 12.4. The molecule has 0 atom stereocenters. The SMILES string of the molecule is Cc1ccc(Cc2c(C)nc(C)nc2N2CCCN(S(=O)(=O)c3ccc4ccccc4c3)CC2)cc1.